The minimum Gasteiger partial charge on any atom is -0.461 e. The third kappa shape index (κ3) is 8.63. The highest BCUT2D eigenvalue weighted by Crippen LogP contribution is 2.43. The molecule has 0 aliphatic carbocycles. The van der Waals surface area contributed by atoms with Crippen molar-refractivity contribution in [2.24, 2.45) is 0 Å². The molecule has 1 unspecified atom stereocenters. The van der Waals surface area contributed by atoms with Crippen molar-refractivity contribution in [1.82, 2.24) is 0 Å². The van der Waals surface area contributed by atoms with Crippen LogP contribution in [0.5, 0.6) is 0 Å². The molecule has 0 amide bonds. The van der Waals surface area contributed by atoms with Crippen molar-refractivity contribution in [3.8, 4) is 0 Å². The topological polar surface area (TPSA) is 163 Å². The van der Waals surface area contributed by atoms with Crippen LogP contribution in [0.3, 0.4) is 0 Å². The number of aliphatic hydroxyl groups excluding tert-OH is 4. The van der Waals surface area contributed by atoms with Crippen molar-refractivity contribution in [3.63, 3.8) is 0 Å². The molecule has 0 aromatic rings. The molecule has 138 valence electrons. The monoisotopic (exact) mass is 368 g/mol. The van der Waals surface area contributed by atoms with E-state index < -0.39 is 71.4 Å². The lowest BCUT2D eigenvalue weighted by Gasteiger charge is -2.25. The molecule has 0 aromatic carbocycles. The van der Waals surface area contributed by atoms with Gasteiger partial charge in [0.25, 0.3) is 0 Å². The van der Waals surface area contributed by atoms with E-state index in [1.54, 1.807) is 0 Å². The van der Waals surface area contributed by atoms with Gasteiger partial charge in [-0.1, -0.05) is 0 Å². The lowest BCUT2D eigenvalue weighted by atomic mass is 10.0. The predicted molar refractivity (Wildman–Crippen MR) is 68.7 cm³/mol. The van der Waals surface area contributed by atoms with Crippen molar-refractivity contribution in [3.05, 3.63) is 0 Å². The Morgan fingerprint density at radius 2 is 1.57 bits per heavy atom. The molecule has 0 rings (SSSR count). The fraction of sp³-hybridized carbons (Fsp3) is 0.900. The van der Waals surface area contributed by atoms with E-state index in [-0.39, 0.29) is 0 Å². The van der Waals surface area contributed by atoms with Gasteiger partial charge in [-0.3, -0.25) is 9.05 Å². The van der Waals surface area contributed by atoms with Crippen LogP contribution in [-0.4, -0.2) is 88.9 Å². The van der Waals surface area contributed by atoms with Crippen LogP contribution in [0.1, 0.15) is 0 Å². The molecule has 5 N–H and O–H groups in total. The number of rotatable bonds is 12. The van der Waals surface area contributed by atoms with Gasteiger partial charge in [0.15, 0.2) is 6.10 Å². The quantitative estimate of drug-likeness (QED) is 0.193. The minimum absolute atomic E-state index is 0.677. The Kier molecular flexibility index (Phi) is 10.6. The van der Waals surface area contributed by atoms with E-state index in [1.165, 1.54) is 0 Å². The van der Waals surface area contributed by atoms with E-state index in [9.17, 15) is 38.6 Å². The van der Waals surface area contributed by atoms with Crippen LogP contribution in [0.2, 0.25) is 0 Å². The summed E-state index contributed by atoms with van der Waals surface area (Å²) >= 11 is 0. The van der Waals surface area contributed by atoms with Crippen molar-refractivity contribution in [2.75, 3.05) is 33.2 Å². The lowest BCUT2D eigenvalue weighted by molar-refractivity contribution is -0.170. The van der Waals surface area contributed by atoms with Crippen LogP contribution in [0, 0.1) is 0 Å². The number of alkyl halides is 2. The molecular weight excluding hydrogens is 349 g/mol. The average Bonchev–Trinajstić information content (AvgIpc) is 2.53. The molecule has 0 spiro atoms. The van der Waals surface area contributed by atoms with Crippen molar-refractivity contribution in [1.29, 1.82) is 0 Å². The van der Waals surface area contributed by atoms with Gasteiger partial charge in [0.1, 0.15) is 38.3 Å². The van der Waals surface area contributed by atoms with Gasteiger partial charge in [-0.25, -0.2) is 18.1 Å². The zero-order chi connectivity index (χ0) is 18.0. The number of hydrogen-bond acceptors (Lipinski definition) is 9. The van der Waals surface area contributed by atoms with Crippen LogP contribution in [0.15, 0.2) is 0 Å². The number of esters is 1. The van der Waals surface area contributed by atoms with Crippen molar-refractivity contribution < 1.29 is 57.2 Å². The molecule has 0 aromatic heterocycles. The summed E-state index contributed by atoms with van der Waals surface area (Å²) in [7, 11) is -4.68. The number of halogens is 2. The first-order valence-corrected chi connectivity index (χ1v) is 7.78. The Morgan fingerprint density at radius 1 is 1.00 bits per heavy atom. The first-order chi connectivity index (χ1) is 10.7. The van der Waals surface area contributed by atoms with Gasteiger partial charge in [0.2, 0.25) is 0 Å². The second kappa shape index (κ2) is 10.9. The number of phosphoric acid groups is 1. The van der Waals surface area contributed by atoms with Crippen molar-refractivity contribution >= 4 is 13.8 Å². The van der Waals surface area contributed by atoms with E-state index >= 15 is 0 Å². The fourth-order valence-corrected chi connectivity index (χ4v) is 1.95. The number of aliphatic hydroxyl groups is 4. The summed E-state index contributed by atoms with van der Waals surface area (Å²) in [4.78, 5) is 20.2. The van der Waals surface area contributed by atoms with Gasteiger partial charge < -0.3 is 30.1 Å². The van der Waals surface area contributed by atoms with Crippen LogP contribution in [0.25, 0.3) is 0 Å². The molecule has 5 atom stereocenters. The normalized spacial score (nSPS) is 19.4. The molecule has 0 aliphatic heterocycles. The van der Waals surface area contributed by atoms with Crippen LogP contribution in [0.4, 0.5) is 8.78 Å². The van der Waals surface area contributed by atoms with E-state index in [0.29, 0.717) is 0 Å². The van der Waals surface area contributed by atoms with Gasteiger partial charge in [-0.15, -0.1) is 0 Å². The molecule has 0 radical (unpaired) electrons. The smallest absolute Gasteiger partial charge is 0.461 e. The summed E-state index contributed by atoms with van der Waals surface area (Å²) in [6.07, 6.45) is -8.73. The maximum atomic E-state index is 11.8. The van der Waals surface area contributed by atoms with Gasteiger partial charge in [-0.05, 0) is 0 Å². The maximum Gasteiger partial charge on any atom is 0.472 e. The number of carbonyl (C=O) groups excluding carboxylic acids is 1. The Morgan fingerprint density at radius 3 is 2.09 bits per heavy atom. The standard InChI is InChI=1S/C10H19F2O10P/c11-1-3-20-10(17)9(16)8(15)7(14)6(13)5-22-23(18,19)21-4-2-12/h6-9,13-16H,1-5H2,(H,18,19)/t6-,7-,8+,9-/m1/s1. The molecule has 13 heteroatoms. The molecule has 0 saturated heterocycles. The SMILES string of the molecule is O=C(OCCF)[C@H](O)[C@@H](O)[C@H](O)[C@H](O)COP(=O)(O)OCCF. The third-order valence-electron chi connectivity index (χ3n) is 2.37. The molecule has 23 heavy (non-hydrogen) atoms. The summed E-state index contributed by atoms with van der Waals surface area (Å²) in [5, 5.41) is 37.8. The number of carbonyl (C=O) groups is 1. The Bertz CT molecular complexity index is 398. The fourth-order valence-electron chi connectivity index (χ4n) is 1.23. The highest BCUT2D eigenvalue weighted by Gasteiger charge is 2.36. The van der Waals surface area contributed by atoms with Crippen LogP contribution in [-0.2, 0) is 23.1 Å². The predicted octanol–water partition coefficient (Wildman–Crippen LogP) is -1.95. The minimum atomic E-state index is -4.68. The zero-order valence-corrected chi connectivity index (χ0v) is 12.7. The zero-order valence-electron chi connectivity index (χ0n) is 11.8. The van der Waals surface area contributed by atoms with Gasteiger partial charge >= 0.3 is 13.8 Å². The molecule has 0 heterocycles. The van der Waals surface area contributed by atoms with Crippen LogP contribution >= 0.6 is 7.82 Å². The van der Waals surface area contributed by atoms with Gasteiger partial charge in [-0.2, -0.15) is 0 Å². The molecule has 0 bridgehead atoms. The first kappa shape index (κ1) is 22.3. The largest absolute Gasteiger partial charge is 0.472 e. The summed E-state index contributed by atoms with van der Waals surface area (Å²) in [5.74, 6) is -1.44. The van der Waals surface area contributed by atoms with E-state index in [4.69, 9.17) is 4.89 Å². The Hall–Kier alpha value is -0.720. The number of ether oxygens (including phenoxy) is 1. The molecule has 0 fully saturated rings. The second-order valence-electron chi connectivity index (χ2n) is 4.14. The van der Waals surface area contributed by atoms with E-state index in [2.05, 4.69) is 13.8 Å². The lowest BCUT2D eigenvalue weighted by Crippen LogP contribution is -2.49. The molecule has 0 aliphatic rings. The highest BCUT2D eigenvalue weighted by molar-refractivity contribution is 7.47. The Labute approximate surface area is 129 Å². The summed E-state index contributed by atoms with van der Waals surface area (Å²) in [5.41, 5.74) is 0. The third-order valence-corrected chi connectivity index (χ3v) is 3.35. The molecule has 0 saturated carbocycles. The van der Waals surface area contributed by atoms with E-state index in [1.807, 2.05) is 0 Å². The number of hydrogen-bond donors (Lipinski definition) is 5. The summed E-state index contributed by atoms with van der Waals surface area (Å²) in [6.45, 7) is -4.55. The van der Waals surface area contributed by atoms with Gasteiger partial charge in [0.05, 0.1) is 13.2 Å². The summed E-state index contributed by atoms with van der Waals surface area (Å²) in [6, 6.07) is 0. The summed E-state index contributed by atoms with van der Waals surface area (Å²) < 4.78 is 47.2. The first-order valence-electron chi connectivity index (χ1n) is 6.29. The van der Waals surface area contributed by atoms with Crippen LogP contribution < -0.4 is 0 Å². The maximum absolute atomic E-state index is 11.8. The number of phosphoric ester groups is 1. The molecular formula is C10H19F2O10P. The van der Waals surface area contributed by atoms with Gasteiger partial charge in [0, 0.05) is 0 Å². The second-order valence-corrected chi connectivity index (χ2v) is 5.59. The van der Waals surface area contributed by atoms with Crippen molar-refractivity contribution in [2.45, 2.75) is 24.4 Å². The average molecular weight is 368 g/mol. The Balaban J connectivity index is 4.43. The van der Waals surface area contributed by atoms with E-state index in [0.717, 1.165) is 0 Å². The molecule has 10 nitrogen and oxygen atoms in total. The highest BCUT2D eigenvalue weighted by atomic mass is 31.2.